The van der Waals surface area contributed by atoms with Gasteiger partial charge in [-0.25, -0.2) is 0 Å². The van der Waals surface area contributed by atoms with Crippen LogP contribution in [0.1, 0.15) is 13.8 Å². The maximum absolute atomic E-state index is 11.4. The van der Waals surface area contributed by atoms with Gasteiger partial charge in [-0.15, -0.1) is 0 Å². The van der Waals surface area contributed by atoms with Gasteiger partial charge < -0.3 is 4.74 Å². The van der Waals surface area contributed by atoms with E-state index in [1.54, 1.807) is 0 Å². The van der Waals surface area contributed by atoms with Crippen LogP contribution in [0.5, 0.6) is 0 Å². The molecule has 0 aliphatic carbocycles. The van der Waals surface area contributed by atoms with E-state index < -0.39 is 0 Å². The van der Waals surface area contributed by atoms with Crippen molar-refractivity contribution < 1.29 is 9.53 Å². The lowest BCUT2D eigenvalue weighted by Gasteiger charge is -2.23. The lowest BCUT2D eigenvalue weighted by Crippen LogP contribution is -2.29. The van der Waals surface area contributed by atoms with E-state index in [0.717, 1.165) is 0 Å². The van der Waals surface area contributed by atoms with Crippen LogP contribution in [0.4, 0.5) is 0 Å². The number of carbonyl (C=O) groups excluding carboxylic acids is 1. The van der Waals surface area contributed by atoms with Crippen molar-refractivity contribution in [2.24, 2.45) is 5.92 Å². The second kappa shape index (κ2) is 3.90. The Morgan fingerprint density at radius 3 is 2.92 bits per heavy atom. The summed E-state index contributed by atoms with van der Waals surface area (Å²) in [5.74, 6) is 0.00456. The van der Waals surface area contributed by atoms with Crippen molar-refractivity contribution in [3.8, 4) is 0 Å². The number of rotatable bonds is 1. The summed E-state index contributed by atoms with van der Waals surface area (Å²) in [7, 11) is 0. The van der Waals surface area contributed by atoms with E-state index in [1.807, 2.05) is 26.0 Å². The minimum atomic E-state index is -0.108. The van der Waals surface area contributed by atoms with Crippen LogP contribution in [-0.2, 0) is 9.53 Å². The van der Waals surface area contributed by atoms with E-state index in [9.17, 15) is 4.79 Å². The summed E-state index contributed by atoms with van der Waals surface area (Å²) in [4.78, 5) is 11.4. The van der Waals surface area contributed by atoms with Crippen LogP contribution in [0, 0.1) is 5.92 Å². The second-order valence-electron chi connectivity index (χ2n) is 2.75. The molecule has 1 aliphatic heterocycles. The Hall–Kier alpha value is -0.570. The molecule has 0 aromatic heterocycles. The largest absolute Gasteiger partial charge is 0.492 e. The first kappa shape index (κ1) is 9.52. The molecule has 0 aromatic carbocycles. The summed E-state index contributed by atoms with van der Waals surface area (Å²) in [5, 5.41) is 0. The minimum Gasteiger partial charge on any atom is -0.492 e. The summed E-state index contributed by atoms with van der Waals surface area (Å²) < 4.78 is 5.82. The predicted molar refractivity (Wildman–Crippen MR) is 50.9 cm³/mol. The lowest BCUT2D eigenvalue weighted by atomic mass is 9.97. The first-order valence-corrected chi connectivity index (χ1v) is 4.64. The molecule has 0 fully saturated rings. The van der Waals surface area contributed by atoms with E-state index >= 15 is 0 Å². The molecular formula is C9H11BrO2. The summed E-state index contributed by atoms with van der Waals surface area (Å²) in [5.41, 5.74) is 0. The third-order valence-electron chi connectivity index (χ3n) is 1.85. The van der Waals surface area contributed by atoms with Gasteiger partial charge in [-0.3, -0.25) is 4.79 Å². The smallest absolute Gasteiger partial charge is 0.179 e. The number of ketones is 1. The number of Topliss-reactive ketones (excluding diaryl/α,β-unsaturated/α-hetero) is 1. The zero-order valence-corrected chi connectivity index (χ0v) is 8.67. The molecule has 2 nitrogen and oxygen atoms in total. The van der Waals surface area contributed by atoms with Gasteiger partial charge in [0.25, 0.3) is 0 Å². The van der Waals surface area contributed by atoms with Gasteiger partial charge in [0.2, 0.25) is 0 Å². The van der Waals surface area contributed by atoms with Crippen LogP contribution in [-0.4, -0.2) is 11.9 Å². The normalized spacial score (nSPS) is 30.2. The summed E-state index contributed by atoms with van der Waals surface area (Å²) >= 11 is 3.14. The Morgan fingerprint density at radius 2 is 2.33 bits per heavy atom. The van der Waals surface area contributed by atoms with E-state index in [0.29, 0.717) is 4.48 Å². The maximum Gasteiger partial charge on any atom is 0.179 e. The number of halogens is 1. The van der Waals surface area contributed by atoms with Crippen molar-refractivity contribution in [2.75, 3.05) is 0 Å². The third-order valence-corrected chi connectivity index (χ3v) is 2.43. The zero-order valence-electron chi connectivity index (χ0n) is 7.08. The van der Waals surface area contributed by atoms with E-state index in [1.165, 1.54) is 6.26 Å². The molecule has 0 bridgehead atoms. The molecule has 1 rings (SSSR count). The quantitative estimate of drug-likeness (QED) is 0.647. The number of hydrogen-bond acceptors (Lipinski definition) is 2. The fourth-order valence-corrected chi connectivity index (χ4v) is 1.55. The van der Waals surface area contributed by atoms with Crippen LogP contribution in [0.3, 0.4) is 0 Å². The Balaban J connectivity index is 2.80. The fraction of sp³-hybridized carbons (Fsp3) is 0.444. The van der Waals surface area contributed by atoms with Gasteiger partial charge >= 0.3 is 0 Å². The average Bonchev–Trinajstić information content (AvgIpc) is 2.07. The number of ether oxygens (including phenoxy) is 1. The highest BCUT2D eigenvalue weighted by Crippen LogP contribution is 2.24. The molecule has 2 atom stereocenters. The van der Waals surface area contributed by atoms with Gasteiger partial charge in [-0.05, 0) is 28.9 Å². The number of hydrogen-bond donors (Lipinski definition) is 0. The second-order valence-corrected chi connectivity index (χ2v) is 3.60. The molecule has 0 N–H and O–H groups in total. The van der Waals surface area contributed by atoms with Gasteiger partial charge in [-0.2, -0.15) is 0 Å². The van der Waals surface area contributed by atoms with Gasteiger partial charge in [-0.1, -0.05) is 13.0 Å². The molecule has 0 saturated heterocycles. The van der Waals surface area contributed by atoms with Crippen molar-refractivity contribution in [1.29, 1.82) is 0 Å². The van der Waals surface area contributed by atoms with Gasteiger partial charge in [0.1, 0.15) is 12.4 Å². The van der Waals surface area contributed by atoms with Gasteiger partial charge in [0, 0.05) is 0 Å². The molecule has 0 spiro atoms. The van der Waals surface area contributed by atoms with Crippen LogP contribution >= 0.6 is 15.9 Å². The van der Waals surface area contributed by atoms with Crippen molar-refractivity contribution in [3.63, 3.8) is 0 Å². The Kier molecular flexibility index (Phi) is 3.09. The Labute approximate surface area is 80.4 Å². The molecule has 0 saturated carbocycles. The van der Waals surface area contributed by atoms with Crippen LogP contribution in [0.2, 0.25) is 0 Å². The molecule has 0 unspecified atom stereocenters. The first-order chi connectivity index (χ1) is 5.66. The van der Waals surface area contributed by atoms with Crippen LogP contribution in [0.25, 0.3) is 0 Å². The molecule has 0 amide bonds. The van der Waals surface area contributed by atoms with E-state index in [4.69, 9.17) is 4.74 Å². The van der Waals surface area contributed by atoms with Crippen LogP contribution < -0.4 is 0 Å². The highest BCUT2D eigenvalue weighted by atomic mass is 79.9. The Bertz CT molecular complexity index is 243. The number of allylic oxidation sites excluding steroid dienone is 2. The fourth-order valence-electron chi connectivity index (χ4n) is 1.08. The zero-order chi connectivity index (χ0) is 9.14. The van der Waals surface area contributed by atoms with Crippen molar-refractivity contribution in [1.82, 2.24) is 0 Å². The number of carbonyl (C=O) groups is 1. The molecule has 1 heterocycles. The first-order valence-electron chi connectivity index (χ1n) is 3.85. The molecule has 0 radical (unpaired) electrons. The van der Waals surface area contributed by atoms with Gasteiger partial charge in [0.05, 0.1) is 10.4 Å². The summed E-state index contributed by atoms with van der Waals surface area (Å²) in [6.45, 7) is 3.77. The molecular weight excluding hydrogens is 220 g/mol. The van der Waals surface area contributed by atoms with Crippen molar-refractivity contribution >= 4 is 21.7 Å². The van der Waals surface area contributed by atoms with Crippen molar-refractivity contribution in [2.45, 2.75) is 20.0 Å². The molecule has 3 heteroatoms. The third kappa shape index (κ3) is 1.78. The predicted octanol–water partition coefficient (Wildman–Crippen LogP) is 2.40. The molecule has 1 aliphatic rings. The van der Waals surface area contributed by atoms with E-state index in [2.05, 4.69) is 15.9 Å². The Morgan fingerprint density at radius 1 is 1.67 bits per heavy atom. The monoisotopic (exact) mass is 230 g/mol. The van der Waals surface area contributed by atoms with E-state index in [-0.39, 0.29) is 17.8 Å². The standard InChI is InChI=1S/C9H11BrO2/c1-3-4-8-6(2)9(11)7(10)5-12-8/h3-6,8H,1-2H3/b4-3+/t6-,8+/m0/s1. The highest BCUT2D eigenvalue weighted by Gasteiger charge is 2.28. The molecule has 66 valence electrons. The lowest BCUT2D eigenvalue weighted by molar-refractivity contribution is -0.122. The molecule has 0 aromatic rings. The topological polar surface area (TPSA) is 26.3 Å². The van der Waals surface area contributed by atoms with Gasteiger partial charge in [0.15, 0.2) is 5.78 Å². The minimum absolute atomic E-state index is 0.0967. The van der Waals surface area contributed by atoms with Crippen LogP contribution in [0.15, 0.2) is 22.9 Å². The summed E-state index contributed by atoms with van der Waals surface area (Å²) in [6.07, 6.45) is 5.14. The average molecular weight is 231 g/mol. The summed E-state index contributed by atoms with van der Waals surface area (Å²) in [6, 6.07) is 0. The SMILES string of the molecule is C/C=C/[C@H]1OC=C(Br)C(=O)[C@H]1C. The van der Waals surface area contributed by atoms with Crippen molar-refractivity contribution in [3.05, 3.63) is 22.9 Å². The maximum atomic E-state index is 11.4. The highest BCUT2D eigenvalue weighted by molar-refractivity contribution is 9.12. The molecule has 12 heavy (non-hydrogen) atoms.